The molecule has 0 spiro atoms. The van der Waals surface area contributed by atoms with Crippen molar-refractivity contribution in [3.63, 3.8) is 0 Å². The summed E-state index contributed by atoms with van der Waals surface area (Å²) in [7, 11) is 0. The van der Waals surface area contributed by atoms with Gasteiger partial charge >= 0.3 is 0 Å². The molecule has 0 aliphatic heterocycles. The Morgan fingerprint density at radius 3 is 2.68 bits per heavy atom. The highest BCUT2D eigenvalue weighted by Crippen LogP contribution is 2.69. The van der Waals surface area contributed by atoms with Crippen LogP contribution in [0.4, 0.5) is 0 Å². The molecule has 8 atom stereocenters. The van der Waals surface area contributed by atoms with Gasteiger partial charge in [-0.05, 0) is 125 Å². The molecule has 1 aromatic rings. The highest BCUT2D eigenvalue weighted by Gasteiger charge is 2.62. The number of rotatable bonds is 7. The zero-order valence-electron chi connectivity index (χ0n) is 21.6. The van der Waals surface area contributed by atoms with Gasteiger partial charge in [0.1, 0.15) is 6.54 Å². The number of hydrogen-bond acceptors (Lipinski definition) is 6. The van der Waals surface area contributed by atoms with E-state index >= 15 is 0 Å². The average Bonchev–Trinajstić information content (AvgIpc) is 3.40. The zero-order chi connectivity index (χ0) is 24.1. The molecule has 4 saturated carbocycles. The maximum atomic E-state index is 13.3. The number of carbonyl (C=O) groups is 1. The van der Waals surface area contributed by atoms with Gasteiger partial charge in [-0.2, -0.15) is 4.80 Å². The summed E-state index contributed by atoms with van der Waals surface area (Å²) in [4.78, 5) is 14.8. The predicted molar refractivity (Wildman–Crippen MR) is 129 cm³/mol. The maximum absolute atomic E-state index is 13.3. The molecule has 0 amide bonds. The Morgan fingerprint density at radius 1 is 1.12 bits per heavy atom. The molecule has 1 N–H and O–H groups in total. The number of tetrazole rings is 1. The van der Waals surface area contributed by atoms with Gasteiger partial charge in [0.2, 0.25) is 0 Å². The molecule has 34 heavy (non-hydrogen) atoms. The summed E-state index contributed by atoms with van der Waals surface area (Å²) in [5.74, 6) is 2.99. The topological polar surface area (TPSA) is 90.1 Å². The van der Waals surface area contributed by atoms with Crippen molar-refractivity contribution in [3.05, 3.63) is 6.33 Å². The number of nitrogens with zero attached hydrogens (tertiary/aromatic N) is 4. The second kappa shape index (κ2) is 8.95. The quantitative estimate of drug-likeness (QED) is 0.631. The second-order valence-electron chi connectivity index (χ2n) is 12.9. The van der Waals surface area contributed by atoms with E-state index in [9.17, 15) is 9.90 Å². The van der Waals surface area contributed by atoms with Crippen molar-refractivity contribution in [2.24, 2.45) is 40.4 Å². The van der Waals surface area contributed by atoms with Crippen molar-refractivity contribution in [2.45, 2.75) is 110 Å². The molecule has 1 heterocycles. The van der Waals surface area contributed by atoms with Crippen LogP contribution in [0, 0.1) is 40.4 Å². The lowest BCUT2D eigenvalue weighted by Crippen LogP contribution is -2.57. The summed E-state index contributed by atoms with van der Waals surface area (Å²) in [5.41, 5.74) is -0.154. The number of ketones is 1. The molecule has 4 fully saturated rings. The Kier molecular flexibility index (Phi) is 6.41. The van der Waals surface area contributed by atoms with Crippen molar-refractivity contribution >= 4 is 5.78 Å². The van der Waals surface area contributed by atoms with Gasteiger partial charge in [0.15, 0.2) is 12.1 Å². The van der Waals surface area contributed by atoms with Crippen LogP contribution in [0.15, 0.2) is 6.33 Å². The Bertz CT molecular complexity index is 871. The minimum atomic E-state index is -0.524. The molecule has 0 radical (unpaired) electrons. The minimum absolute atomic E-state index is 0.0848. The molecule has 7 nitrogen and oxygen atoms in total. The van der Waals surface area contributed by atoms with E-state index in [1.165, 1.54) is 36.8 Å². The summed E-state index contributed by atoms with van der Waals surface area (Å²) in [6.45, 7) is 9.78. The highest BCUT2D eigenvalue weighted by molar-refractivity contribution is 5.81. The third kappa shape index (κ3) is 4.15. The lowest BCUT2D eigenvalue weighted by atomic mass is 9.42. The maximum Gasteiger partial charge on any atom is 0.162 e. The summed E-state index contributed by atoms with van der Waals surface area (Å²) >= 11 is 0. The molecule has 0 bridgehead atoms. The number of carbonyl (C=O) groups excluding carboxylic acids is 1. The lowest BCUT2D eigenvalue weighted by Gasteiger charge is -2.63. The normalized spacial score (nSPS) is 43.9. The van der Waals surface area contributed by atoms with Crippen LogP contribution < -0.4 is 0 Å². The summed E-state index contributed by atoms with van der Waals surface area (Å²) in [5, 5.41) is 22.7. The number of fused-ring (bicyclic) bond motifs is 5. The molecule has 0 aromatic carbocycles. The summed E-state index contributed by atoms with van der Waals surface area (Å²) in [6, 6.07) is 0. The first-order valence-corrected chi connectivity index (χ1v) is 13.7. The molecular formula is C27H44N4O3. The van der Waals surface area contributed by atoms with Crippen LogP contribution in [-0.2, 0) is 16.1 Å². The molecule has 0 unspecified atom stereocenters. The van der Waals surface area contributed by atoms with E-state index in [2.05, 4.69) is 36.2 Å². The number of aliphatic hydroxyl groups is 1. The van der Waals surface area contributed by atoms with E-state index in [0.29, 0.717) is 23.7 Å². The first-order chi connectivity index (χ1) is 16.1. The lowest BCUT2D eigenvalue weighted by molar-refractivity contribution is -0.165. The van der Waals surface area contributed by atoms with Gasteiger partial charge < -0.3 is 9.84 Å². The number of Topliss-reactive ketones (excluding diaryl/α,β-unsaturated/α-hetero) is 1. The Labute approximate surface area is 204 Å². The Balaban J connectivity index is 1.37. The Morgan fingerprint density at radius 2 is 1.94 bits per heavy atom. The largest absolute Gasteiger partial charge is 0.390 e. The van der Waals surface area contributed by atoms with Crippen LogP contribution in [0.1, 0.15) is 91.9 Å². The van der Waals surface area contributed by atoms with E-state index in [4.69, 9.17) is 4.74 Å². The summed E-state index contributed by atoms with van der Waals surface area (Å²) < 4.78 is 6.10. The zero-order valence-corrected chi connectivity index (χ0v) is 21.6. The van der Waals surface area contributed by atoms with Crippen molar-refractivity contribution in [1.82, 2.24) is 20.2 Å². The molecule has 190 valence electrons. The Hall–Kier alpha value is -1.34. The second-order valence-corrected chi connectivity index (χ2v) is 12.9. The SMILES string of the molecule is CC(C)OCC[C@]12CC[C@@](C)(O)C[C@H]1CC[C@H]1[C@@H]3CC[C@H](C(=O)Cn4ncnn4)[C@@]3(C)CC[C@@H]12. The van der Waals surface area contributed by atoms with E-state index in [1.807, 2.05) is 6.92 Å². The van der Waals surface area contributed by atoms with Gasteiger partial charge in [-0.25, -0.2) is 0 Å². The average molecular weight is 473 g/mol. The van der Waals surface area contributed by atoms with Gasteiger partial charge in [-0.1, -0.05) is 6.92 Å². The fourth-order valence-corrected chi connectivity index (χ4v) is 9.26. The molecule has 7 heteroatoms. The first kappa shape index (κ1) is 24.4. The number of ether oxygens (including phenoxy) is 1. The fraction of sp³-hybridized carbons (Fsp3) is 0.926. The van der Waals surface area contributed by atoms with E-state index in [-0.39, 0.29) is 35.2 Å². The molecule has 0 saturated heterocycles. The molecule has 1 aromatic heterocycles. The van der Waals surface area contributed by atoms with Gasteiger partial charge in [0.25, 0.3) is 0 Å². The fourth-order valence-electron chi connectivity index (χ4n) is 9.26. The minimum Gasteiger partial charge on any atom is -0.390 e. The van der Waals surface area contributed by atoms with Gasteiger partial charge in [-0.3, -0.25) is 4.79 Å². The van der Waals surface area contributed by atoms with Gasteiger partial charge in [0.05, 0.1) is 11.7 Å². The highest BCUT2D eigenvalue weighted by atomic mass is 16.5. The summed E-state index contributed by atoms with van der Waals surface area (Å²) in [6.07, 6.45) is 12.7. The van der Waals surface area contributed by atoms with Crippen LogP contribution in [0.25, 0.3) is 0 Å². The molecule has 4 aliphatic rings. The van der Waals surface area contributed by atoms with Crippen LogP contribution in [0.2, 0.25) is 0 Å². The number of aromatic nitrogens is 4. The molecular weight excluding hydrogens is 428 g/mol. The van der Waals surface area contributed by atoms with Crippen molar-refractivity contribution < 1.29 is 14.6 Å². The van der Waals surface area contributed by atoms with Crippen LogP contribution in [0.5, 0.6) is 0 Å². The van der Waals surface area contributed by atoms with Crippen molar-refractivity contribution in [2.75, 3.05) is 6.61 Å². The van der Waals surface area contributed by atoms with E-state index in [1.54, 1.807) is 0 Å². The van der Waals surface area contributed by atoms with Crippen molar-refractivity contribution in [3.8, 4) is 0 Å². The van der Waals surface area contributed by atoms with Gasteiger partial charge in [-0.15, -0.1) is 10.2 Å². The first-order valence-electron chi connectivity index (χ1n) is 13.7. The van der Waals surface area contributed by atoms with Gasteiger partial charge in [0, 0.05) is 12.5 Å². The predicted octanol–water partition coefficient (Wildman–Crippen LogP) is 4.45. The van der Waals surface area contributed by atoms with E-state index < -0.39 is 5.60 Å². The van der Waals surface area contributed by atoms with Crippen LogP contribution >= 0.6 is 0 Å². The smallest absolute Gasteiger partial charge is 0.162 e. The van der Waals surface area contributed by atoms with E-state index in [0.717, 1.165) is 45.1 Å². The molecule has 4 aliphatic carbocycles. The molecule has 5 rings (SSSR count). The monoisotopic (exact) mass is 472 g/mol. The van der Waals surface area contributed by atoms with Crippen LogP contribution in [0.3, 0.4) is 0 Å². The van der Waals surface area contributed by atoms with Crippen molar-refractivity contribution in [1.29, 1.82) is 0 Å². The van der Waals surface area contributed by atoms with Crippen LogP contribution in [-0.4, -0.2) is 49.4 Å². The number of hydrogen-bond donors (Lipinski definition) is 1. The third-order valence-corrected chi connectivity index (χ3v) is 10.7. The third-order valence-electron chi connectivity index (χ3n) is 10.7. The standard InChI is InChI=1S/C27H44N4O3/c1-18(2)34-14-13-27-12-11-25(3,33)15-19(27)5-6-20-21-7-8-23(26(21,4)10-9-22(20)27)24(32)16-31-29-17-28-30-31/h17-23,33H,5-16H2,1-4H3/t19-,20+,21+,22+,23-,25-,26+,27-/m1/s1.